The highest BCUT2D eigenvalue weighted by atomic mass is 79.9. The number of halogens is 2. The van der Waals surface area contributed by atoms with E-state index in [4.69, 9.17) is 14.5 Å². The van der Waals surface area contributed by atoms with E-state index in [2.05, 4.69) is 45.5 Å². The first-order valence-corrected chi connectivity index (χ1v) is 10.6. The fourth-order valence-corrected chi connectivity index (χ4v) is 4.51. The summed E-state index contributed by atoms with van der Waals surface area (Å²) in [6, 6.07) is 12.5. The fraction of sp³-hybridized carbons (Fsp3) is 0.348. The van der Waals surface area contributed by atoms with Crippen LogP contribution in [0.25, 0.3) is 10.9 Å². The van der Waals surface area contributed by atoms with E-state index >= 15 is 0 Å². The van der Waals surface area contributed by atoms with E-state index in [1.54, 1.807) is 14.2 Å². The van der Waals surface area contributed by atoms with Crippen LogP contribution in [-0.4, -0.2) is 25.7 Å². The van der Waals surface area contributed by atoms with Crippen molar-refractivity contribution in [2.75, 3.05) is 26.1 Å². The van der Waals surface area contributed by atoms with E-state index in [1.165, 1.54) is 40.7 Å². The minimum atomic E-state index is 0. The van der Waals surface area contributed by atoms with E-state index in [-0.39, 0.29) is 12.4 Å². The van der Waals surface area contributed by atoms with Gasteiger partial charge < -0.3 is 14.8 Å². The summed E-state index contributed by atoms with van der Waals surface area (Å²) >= 11 is 3.66. The van der Waals surface area contributed by atoms with Gasteiger partial charge in [0, 0.05) is 27.8 Å². The Balaban J connectivity index is 0.00000240. The third-order valence-electron chi connectivity index (χ3n) is 5.42. The first-order valence-electron chi connectivity index (χ1n) is 9.76. The Labute approximate surface area is 186 Å². The second kappa shape index (κ2) is 9.68. The number of hydrogen-bond donors (Lipinski definition) is 1. The summed E-state index contributed by atoms with van der Waals surface area (Å²) in [4.78, 5) is 4.92. The first kappa shape index (κ1) is 21.7. The van der Waals surface area contributed by atoms with Crippen molar-refractivity contribution in [2.45, 2.75) is 32.1 Å². The minimum Gasteiger partial charge on any atom is -0.493 e. The lowest BCUT2D eigenvalue weighted by Gasteiger charge is -2.22. The molecule has 1 N–H and O–H groups in total. The van der Waals surface area contributed by atoms with Crippen molar-refractivity contribution in [2.24, 2.45) is 0 Å². The van der Waals surface area contributed by atoms with Crippen LogP contribution in [0.2, 0.25) is 0 Å². The molecule has 0 aliphatic heterocycles. The molecule has 0 bridgehead atoms. The molecule has 0 atom stereocenters. The first-order chi connectivity index (χ1) is 13.7. The van der Waals surface area contributed by atoms with Gasteiger partial charge in [0.05, 0.1) is 19.7 Å². The molecular formula is C23H26BrClN2O2. The van der Waals surface area contributed by atoms with E-state index in [9.17, 15) is 0 Å². The molecule has 1 aromatic heterocycles. The highest BCUT2D eigenvalue weighted by molar-refractivity contribution is 9.10. The number of rotatable bonds is 6. The van der Waals surface area contributed by atoms with Crippen LogP contribution in [-0.2, 0) is 19.3 Å². The number of nitrogens with one attached hydrogen (secondary N) is 1. The second-order valence-electron chi connectivity index (χ2n) is 7.11. The van der Waals surface area contributed by atoms with E-state index in [0.29, 0.717) is 0 Å². The van der Waals surface area contributed by atoms with Crippen LogP contribution >= 0.6 is 28.3 Å². The lowest BCUT2D eigenvalue weighted by atomic mass is 9.92. The topological polar surface area (TPSA) is 43.4 Å². The van der Waals surface area contributed by atoms with Crippen LogP contribution in [0.5, 0.6) is 11.5 Å². The van der Waals surface area contributed by atoms with Gasteiger partial charge in [0.1, 0.15) is 0 Å². The summed E-state index contributed by atoms with van der Waals surface area (Å²) in [6.07, 6.45) is 5.54. The number of para-hydroxylation sites is 1. The Kier molecular flexibility index (Phi) is 7.25. The van der Waals surface area contributed by atoms with Crippen LogP contribution in [0, 0.1) is 0 Å². The van der Waals surface area contributed by atoms with Crippen LogP contribution < -0.4 is 14.8 Å². The lowest BCUT2D eigenvalue weighted by Crippen LogP contribution is -2.13. The molecule has 0 unspecified atom stereocenters. The summed E-state index contributed by atoms with van der Waals surface area (Å²) in [6.45, 7) is 0.842. The number of pyridine rings is 1. The van der Waals surface area contributed by atoms with Gasteiger partial charge in [0.2, 0.25) is 0 Å². The van der Waals surface area contributed by atoms with Crippen LogP contribution in [0.4, 0.5) is 5.69 Å². The molecule has 1 aliphatic rings. The van der Waals surface area contributed by atoms with Crippen molar-refractivity contribution in [1.29, 1.82) is 0 Å². The van der Waals surface area contributed by atoms with Gasteiger partial charge in [-0.2, -0.15) is 0 Å². The maximum absolute atomic E-state index is 5.45. The molecule has 2 aromatic carbocycles. The summed E-state index contributed by atoms with van der Waals surface area (Å²) in [7, 11) is 3.33. The Morgan fingerprint density at radius 2 is 1.76 bits per heavy atom. The summed E-state index contributed by atoms with van der Waals surface area (Å²) in [5, 5.41) is 4.94. The molecule has 0 fully saturated rings. The van der Waals surface area contributed by atoms with Gasteiger partial charge in [-0.3, -0.25) is 4.98 Å². The molecule has 29 heavy (non-hydrogen) atoms. The zero-order valence-corrected chi connectivity index (χ0v) is 19.2. The largest absolute Gasteiger partial charge is 0.493 e. The summed E-state index contributed by atoms with van der Waals surface area (Å²) < 4.78 is 11.9. The second-order valence-corrected chi connectivity index (χ2v) is 7.97. The quantitative estimate of drug-likeness (QED) is 0.475. The number of nitrogens with zero attached hydrogens (tertiary/aromatic N) is 1. The Morgan fingerprint density at radius 1 is 1.03 bits per heavy atom. The molecule has 154 valence electrons. The molecule has 1 heterocycles. The standard InChI is InChI=1S/C23H25BrN2O2.ClH/c1-27-21-13-15(18(24)14-22(21)28-2)11-12-25-23-16-7-3-5-9-19(16)26-20-10-6-4-8-17(20)23;/h3,5,7,9,13-14H,4,6,8,10-12H2,1-2H3,(H,25,26);1H. The summed E-state index contributed by atoms with van der Waals surface area (Å²) in [5.74, 6) is 1.49. The third kappa shape index (κ3) is 4.46. The van der Waals surface area contributed by atoms with Crippen LogP contribution in [0.15, 0.2) is 40.9 Å². The van der Waals surface area contributed by atoms with Gasteiger partial charge in [-0.05, 0) is 61.4 Å². The molecule has 0 spiro atoms. The molecule has 6 heteroatoms. The molecule has 0 saturated carbocycles. The smallest absolute Gasteiger partial charge is 0.161 e. The highest BCUT2D eigenvalue weighted by Crippen LogP contribution is 2.35. The van der Waals surface area contributed by atoms with Gasteiger partial charge in [-0.1, -0.05) is 34.1 Å². The van der Waals surface area contributed by atoms with Crippen molar-refractivity contribution in [1.82, 2.24) is 4.98 Å². The predicted octanol–water partition coefficient (Wildman–Crippen LogP) is 5.97. The molecule has 3 aromatic rings. The monoisotopic (exact) mass is 476 g/mol. The van der Waals surface area contributed by atoms with Crippen molar-refractivity contribution in [3.8, 4) is 11.5 Å². The number of hydrogen-bond acceptors (Lipinski definition) is 4. The van der Waals surface area contributed by atoms with Crippen LogP contribution in [0.1, 0.15) is 29.7 Å². The minimum absolute atomic E-state index is 0. The Bertz CT molecular complexity index is 1010. The number of aryl methyl sites for hydroxylation is 1. The predicted molar refractivity (Wildman–Crippen MR) is 125 cm³/mol. The van der Waals surface area contributed by atoms with Crippen molar-refractivity contribution >= 4 is 44.9 Å². The average molecular weight is 478 g/mol. The molecule has 0 radical (unpaired) electrons. The molecule has 1 aliphatic carbocycles. The fourth-order valence-electron chi connectivity index (χ4n) is 3.98. The van der Waals surface area contributed by atoms with E-state index in [1.807, 2.05) is 12.1 Å². The maximum atomic E-state index is 5.45. The van der Waals surface area contributed by atoms with Crippen molar-refractivity contribution in [3.05, 3.63) is 57.7 Å². The van der Waals surface area contributed by atoms with Crippen molar-refractivity contribution in [3.63, 3.8) is 0 Å². The molecule has 0 saturated heterocycles. The molecule has 4 nitrogen and oxygen atoms in total. The molecular weight excluding hydrogens is 452 g/mol. The van der Waals surface area contributed by atoms with Gasteiger partial charge in [-0.25, -0.2) is 0 Å². The van der Waals surface area contributed by atoms with E-state index < -0.39 is 0 Å². The maximum Gasteiger partial charge on any atom is 0.161 e. The zero-order valence-electron chi connectivity index (χ0n) is 16.8. The van der Waals surface area contributed by atoms with Gasteiger partial charge in [-0.15, -0.1) is 12.4 Å². The molecule has 4 rings (SSSR count). The van der Waals surface area contributed by atoms with Gasteiger partial charge in [0.15, 0.2) is 11.5 Å². The zero-order chi connectivity index (χ0) is 19.5. The SMILES string of the molecule is COc1cc(Br)c(CCNc2c3c(nc4ccccc24)CCCC3)cc1OC.Cl. The highest BCUT2D eigenvalue weighted by Gasteiger charge is 2.18. The van der Waals surface area contributed by atoms with E-state index in [0.717, 1.165) is 47.3 Å². The van der Waals surface area contributed by atoms with Gasteiger partial charge >= 0.3 is 0 Å². The number of anilines is 1. The Morgan fingerprint density at radius 3 is 2.55 bits per heavy atom. The number of aromatic nitrogens is 1. The number of methoxy groups -OCH3 is 2. The average Bonchev–Trinajstić information content (AvgIpc) is 2.73. The van der Waals surface area contributed by atoms with Crippen LogP contribution in [0.3, 0.4) is 0 Å². The molecule has 0 amide bonds. The third-order valence-corrected chi connectivity index (χ3v) is 6.16. The van der Waals surface area contributed by atoms with Gasteiger partial charge in [0.25, 0.3) is 0 Å². The lowest BCUT2D eigenvalue weighted by molar-refractivity contribution is 0.354. The normalized spacial score (nSPS) is 12.8. The van der Waals surface area contributed by atoms with Crippen molar-refractivity contribution < 1.29 is 9.47 Å². The number of ether oxygens (including phenoxy) is 2. The number of fused-ring (bicyclic) bond motifs is 2. The summed E-state index contributed by atoms with van der Waals surface area (Å²) in [5.41, 5.74) is 6.20. The Hall–Kier alpha value is -1.98. The number of benzene rings is 2.